The normalized spacial score (nSPS) is 16.2. The highest BCUT2D eigenvalue weighted by Crippen LogP contribution is 2.34. The van der Waals surface area contributed by atoms with Crippen LogP contribution in [0, 0.1) is 0 Å². The minimum atomic E-state index is -1.70. The Balaban J connectivity index is 4.81. The molecule has 0 unspecified atom stereocenters. The number of rotatable bonds is 9. The Morgan fingerprint density at radius 1 is 1.00 bits per heavy atom. The van der Waals surface area contributed by atoms with Gasteiger partial charge in [0.2, 0.25) is 0 Å². The fourth-order valence-electron chi connectivity index (χ4n) is 1.82. The van der Waals surface area contributed by atoms with Crippen LogP contribution in [0.4, 0.5) is 0 Å². The molecule has 5 heteroatoms. The van der Waals surface area contributed by atoms with Crippen molar-refractivity contribution in [1.82, 2.24) is 0 Å². The minimum absolute atomic E-state index is 0.0251. The van der Waals surface area contributed by atoms with Gasteiger partial charge in [-0.05, 0) is 19.3 Å². The maximum atomic E-state index is 6.05. The molecule has 0 aromatic rings. The van der Waals surface area contributed by atoms with Crippen LogP contribution < -0.4 is 0 Å². The summed E-state index contributed by atoms with van der Waals surface area (Å²) >= 11 is 5.01. The van der Waals surface area contributed by atoms with Gasteiger partial charge in [0.1, 0.15) is 0 Å². The van der Waals surface area contributed by atoms with Gasteiger partial charge in [-0.15, -0.1) is 0 Å². The van der Waals surface area contributed by atoms with Crippen LogP contribution >= 0.6 is 12.6 Å². The first-order valence-electron chi connectivity index (χ1n) is 6.79. The smallest absolute Gasteiger partial charge is 0.334 e. The van der Waals surface area contributed by atoms with Crippen LogP contribution in [0.3, 0.4) is 0 Å². The molecule has 104 valence electrons. The molecule has 0 aliphatic heterocycles. The molecule has 0 fully saturated rings. The third-order valence-electron chi connectivity index (χ3n) is 3.17. The lowest BCUT2D eigenvalue weighted by atomic mass is 10.5. The third-order valence-corrected chi connectivity index (χ3v) is 14.7. The van der Waals surface area contributed by atoms with E-state index in [1.165, 1.54) is 0 Å². The van der Waals surface area contributed by atoms with E-state index in [1.54, 1.807) is 0 Å². The van der Waals surface area contributed by atoms with Crippen LogP contribution in [-0.2, 0) is 8.85 Å². The van der Waals surface area contributed by atoms with Gasteiger partial charge < -0.3 is 8.85 Å². The zero-order chi connectivity index (χ0) is 13.5. The summed E-state index contributed by atoms with van der Waals surface area (Å²) in [5, 5.41) is 0. The second-order valence-corrected chi connectivity index (χ2v) is 15.6. The van der Waals surface area contributed by atoms with Gasteiger partial charge in [-0.1, -0.05) is 40.4 Å². The summed E-state index contributed by atoms with van der Waals surface area (Å²) < 4.78 is 12.1. The van der Waals surface area contributed by atoms with Crippen molar-refractivity contribution in [3.8, 4) is 0 Å². The molecule has 0 aliphatic carbocycles. The predicted octanol–water partition coefficient (Wildman–Crippen LogP) is 3.56. The number of hydrogen-bond donors (Lipinski definition) is 1. The minimum Gasteiger partial charge on any atom is -0.396 e. The second-order valence-electron chi connectivity index (χ2n) is 5.60. The van der Waals surface area contributed by atoms with Gasteiger partial charge in [0.25, 0.3) is 0 Å². The lowest BCUT2D eigenvalue weighted by molar-refractivity contribution is 0.190. The van der Waals surface area contributed by atoms with E-state index >= 15 is 0 Å². The standard InChI is InChI=1S/C12H30O2SSi2/c1-7-10-13-16(14-11-8-2)12(15,9-3)17(4,5)6/h15-16H,7-11H2,1-6H3/t12-/m1/s1. The van der Waals surface area contributed by atoms with E-state index < -0.39 is 17.4 Å². The lowest BCUT2D eigenvalue weighted by Gasteiger charge is -2.42. The Labute approximate surface area is 116 Å². The first-order chi connectivity index (χ1) is 7.83. The van der Waals surface area contributed by atoms with Crippen molar-refractivity contribution in [2.45, 2.75) is 63.7 Å². The molecule has 0 radical (unpaired) electrons. The van der Waals surface area contributed by atoms with E-state index in [9.17, 15) is 0 Å². The summed E-state index contributed by atoms with van der Waals surface area (Å²) in [6.45, 7) is 15.2. The molecule has 17 heavy (non-hydrogen) atoms. The third kappa shape index (κ3) is 5.06. The maximum Gasteiger partial charge on any atom is 0.334 e. The highest BCUT2D eigenvalue weighted by Gasteiger charge is 2.48. The average Bonchev–Trinajstić information content (AvgIpc) is 2.26. The summed E-state index contributed by atoms with van der Waals surface area (Å²) in [4.78, 5) is 0. The molecule has 0 bridgehead atoms. The molecular weight excluding hydrogens is 264 g/mol. The van der Waals surface area contributed by atoms with Crippen LogP contribution in [0.1, 0.15) is 40.0 Å². The van der Waals surface area contributed by atoms with E-state index in [1.807, 2.05) is 0 Å². The molecule has 0 amide bonds. The van der Waals surface area contributed by atoms with E-state index in [0.29, 0.717) is 0 Å². The molecule has 0 aromatic heterocycles. The molecule has 0 spiro atoms. The van der Waals surface area contributed by atoms with E-state index in [0.717, 1.165) is 32.5 Å². The topological polar surface area (TPSA) is 18.5 Å². The summed E-state index contributed by atoms with van der Waals surface area (Å²) in [6, 6.07) is 0. The van der Waals surface area contributed by atoms with Crippen molar-refractivity contribution in [3.05, 3.63) is 0 Å². The average molecular weight is 295 g/mol. The second kappa shape index (κ2) is 7.99. The van der Waals surface area contributed by atoms with Crippen molar-refractivity contribution in [2.75, 3.05) is 13.2 Å². The van der Waals surface area contributed by atoms with Gasteiger partial charge >= 0.3 is 9.28 Å². The van der Waals surface area contributed by atoms with Gasteiger partial charge in [-0.2, -0.15) is 12.6 Å². The van der Waals surface area contributed by atoms with Gasteiger partial charge in [0, 0.05) is 17.2 Å². The van der Waals surface area contributed by atoms with Crippen molar-refractivity contribution < 1.29 is 8.85 Å². The van der Waals surface area contributed by atoms with Gasteiger partial charge in [-0.3, -0.25) is 0 Å². The molecular formula is C12H30O2SSi2. The van der Waals surface area contributed by atoms with Crippen LogP contribution in [0.2, 0.25) is 19.6 Å². The monoisotopic (exact) mass is 294 g/mol. The highest BCUT2D eigenvalue weighted by molar-refractivity contribution is 7.86. The van der Waals surface area contributed by atoms with Crippen LogP contribution in [0.25, 0.3) is 0 Å². The van der Waals surface area contributed by atoms with Gasteiger partial charge in [0.15, 0.2) is 0 Å². The van der Waals surface area contributed by atoms with Gasteiger partial charge in [0.05, 0.1) is 8.07 Å². The van der Waals surface area contributed by atoms with Crippen molar-refractivity contribution in [1.29, 1.82) is 0 Å². The van der Waals surface area contributed by atoms with E-state index in [2.05, 4.69) is 40.4 Å². The van der Waals surface area contributed by atoms with E-state index in [4.69, 9.17) is 21.5 Å². The Bertz CT molecular complexity index is 201. The quantitative estimate of drug-likeness (QED) is 0.518. The van der Waals surface area contributed by atoms with Crippen molar-refractivity contribution >= 4 is 30.0 Å². The molecule has 0 aliphatic rings. The largest absolute Gasteiger partial charge is 0.396 e. The fraction of sp³-hybridized carbons (Fsp3) is 1.00. The zero-order valence-electron chi connectivity index (χ0n) is 12.4. The first-order valence-corrected chi connectivity index (χ1v) is 12.3. The summed E-state index contributed by atoms with van der Waals surface area (Å²) in [5.74, 6) is 0. The summed E-state index contributed by atoms with van der Waals surface area (Å²) in [6.07, 6.45) is 3.16. The SMILES string of the molecule is CCCO[SiH](OCCC)[C@](S)(CC)[Si](C)(C)C. The molecule has 0 saturated carbocycles. The number of hydrogen-bond acceptors (Lipinski definition) is 3. The lowest BCUT2D eigenvalue weighted by Crippen LogP contribution is -2.60. The molecule has 0 saturated heterocycles. The molecule has 0 N–H and O–H groups in total. The summed E-state index contributed by atoms with van der Waals surface area (Å²) in [7, 11) is -3.10. The Hall–Kier alpha value is 0.704. The number of thiol groups is 1. The molecule has 0 heterocycles. The molecule has 0 rings (SSSR count). The fourth-order valence-corrected chi connectivity index (χ4v) is 8.54. The molecule has 2 nitrogen and oxygen atoms in total. The molecule has 0 aromatic carbocycles. The predicted molar refractivity (Wildman–Crippen MR) is 85.0 cm³/mol. The van der Waals surface area contributed by atoms with Crippen LogP contribution in [0.5, 0.6) is 0 Å². The van der Waals surface area contributed by atoms with Gasteiger partial charge in [-0.25, -0.2) is 0 Å². The Kier molecular flexibility index (Phi) is 8.32. The summed E-state index contributed by atoms with van der Waals surface area (Å²) in [5.41, 5.74) is 0. The van der Waals surface area contributed by atoms with E-state index in [-0.39, 0.29) is 3.99 Å². The van der Waals surface area contributed by atoms with Crippen molar-refractivity contribution in [3.63, 3.8) is 0 Å². The maximum absolute atomic E-state index is 6.05. The molecule has 1 atom stereocenters. The Morgan fingerprint density at radius 3 is 1.65 bits per heavy atom. The zero-order valence-corrected chi connectivity index (χ0v) is 15.4. The van der Waals surface area contributed by atoms with Crippen molar-refractivity contribution in [2.24, 2.45) is 0 Å². The first kappa shape index (κ1) is 17.7. The van der Waals surface area contributed by atoms with Crippen LogP contribution in [0.15, 0.2) is 0 Å². The highest BCUT2D eigenvalue weighted by atomic mass is 32.1. The Morgan fingerprint density at radius 2 is 1.41 bits per heavy atom. The van der Waals surface area contributed by atoms with Crippen LogP contribution in [-0.4, -0.2) is 34.6 Å².